The summed E-state index contributed by atoms with van der Waals surface area (Å²) in [4.78, 5) is 35.3. The molecule has 0 saturated heterocycles. The first-order chi connectivity index (χ1) is 20.3. The zero-order chi connectivity index (χ0) is 30.0. The molecule has 0 N–H and O–H groups in total. The molecule has 220 valence electrons. The van der Waals surface area contributed by atoms with E-state index in [4.69, 9.17) is 23.9 Å². The molecule has 0 aromatic heterocycles. The lowest BCUT2D eigenvalue weighted by Gasteiger charge is -2.39. The topological polar surface area (TPSA) is 86.7 Å². The number of benzene rings is 3. The van der Waals surface area contributed by atoms with Crippen LogP contribution in [0.3, 0.4) is 0 Å². The minimum atomic E-state index is -0.656. The number of amides is 1. The van der Waals surface area contributed by atoms with E-state index in [1.165, 1.54) is 0 Å². The van der Waals surface area contributed by atoms with Crippen molar-refractivity contribution >= 4 is 28.8 Å². The van der Waals surface area contributed by atoms with Gasteiger partial charge in [-0.25, -0.2) is 0 Å². The Morgan fingerprint density at radius 3 is 2.14 bits per heavy atom. The number of ketones is 1. The molecule has 1 aliphatic carbocycles. The number of hydrogen-bond donors (Lipinski definition) is 0. The smallest absolute Gasteiger partial charge is 0.227 e. The molecule has 0 bridgehead atoms. The molecule has 3 atom stereocenters. The number of rotatable bonds is 8. The van der Waals surface area contributed by atoms with Crippen LogP contribution in [0, 0.1) is 11.8 Å². The molecule has 8 nitrogen and oxygen atoms in total. The highest BCUT2D eigenvalue weighted by molar-refractivity contribution is 6.13. The number of fused-ring (bicyclic) bond motifs is 2. The maximum absolute atomic E-state index is 14.3. The Balaban J connectivity index is 1.71. The zero-order valence-corrected chi connectivity index (χ0v) is 25.0. The first-order valence-corrected chi connectivity index (χ1v) is 14.2. The number of Topliss-reactive ketones (excluding diaryl/α,β-unsaturated/α-hetero) is 1. The summed E-state index contributed by atoms with van der Waals surface area (Å²) in [6.45, 7) is 4.03. The van der Waals surface area contributed by atoms with Crippen LogP contribution in [-0.2, 0) is 9.59 Å². The molecule has 0 spiro atoms. The van der Waals surface area contributed by atoms with Gasteiger partial charge in [-0.15, -0.1) is 0 Å². The van der Waals surface area contributed by atoms with Crippen molar-refractivity contribution in [3.05, 3.63) is 71.8 Å². The molecule has 1 amide bonds. The lowest BCUT2D eigenvalue weighted by atomic mass is 9.72. The van der Waals surface area contributed by atoms with E-state index >= 15 is 0 Å². The van der Waals surface area contributed by atoms with E-state index < -0.39 is 12.0 Å². The monoisotopic (exact) mass is 570 g/mol. The number of carbonyl (C=O) groups is 2. The third-order valence-corrected chi connectivity index (χ3v) is 8.08. The third-order valence-electron chi connectivity index (χ3n) is 8.08. The van der Waals surface area contributed by atoms with Crippen LogP contribution >= 0.6 is 0 Å². The van der Waals surface area contributed by atoms with Gasteiger partial charge in [-0.05, 0) is 65.8 Å². The van der Waals surface area contributed by atoms with Crippen LogP contribution in [0.25, 0.3) is 0 Å². The standard InChI is InChI=1S/C34H38N2O6/c1-20(2)15-31(38)36-27-10-8-7-9-25(27)35-26-16-22(21-11-13-24(39-3)14-12-21)17-28(37)32(26)33(36)23-18-29(40-4)34(42-6)30(19-23)41-5/h7-14,18-20,22,32-33H,15-17H2,1-6H3. The van der Waals surface area contributed by atoms with Crippen molar-refractivity contribution in [1.82, 2.24) is 0 Å². The van der Waals surface area contributed by atoms with Crippen LogP contribution in [0.4, 0.5) is 11.4 Å². The molecule has 3 aromatic rings. The van der Waals surface area contributed by atoms with Gasteiger partial charge in [0.1, 0.15) is 11.5 Å². The van der Waals surface area contributed by atoms with E-state index in [1.54, 1.807) is 33.3 Å². The van der Waals surface area contributed by atoms with Gasteiger partial charge in [-0.2, -0.15) is 0 Å². The van der Waals surface area contributed by atoms with Crippen molar-refractivity contribution in [2.24, 2.45) is 16.8 Å². The van der Waals surface area contributed by atoms with Crippen molar-refractivity contribution in [2.75, 3.05) is 33.3 Å². The van der Waals surface area contributed by atoms with Crippen LogP contribution < -0.4 is 23.8 Å². The van der Waals surface area contributed by atoms with Crippen LogP contribution in [0.15, 0.2) is 65.7 Å². The van der Waals surface area contributed by atoms with Crippen LogP contribution in [0.2, 0.25) is 0 Å². The summed E-state index contributed by atoms with van der Waals surface area (Å²) in [6.07, 6.45) is 1.24. The van der Waals surface area contributed by atoms with E-state index in [0.717, 1.165) is 17.0 Å². The number of ether oxygens (including phenoxy) is 4. The highest BCUT2D eigenvalue weighted by Gasteiger charge is 2.46. The van der Waals surface area contributed by atoms with Gasteiger partial charge in [0.25, 0.3) is 0 Å². The SMILES string of the molecule is COc1ccc(C2CC(=O)C3C(=Nc4ccccc4N(C(=O)CC(C)C)C3c3cc(OC)c(OC)c(OC)c3)C2)cc1. The van der Waals surface area contributed by atoms with Gasteiger partial charge < -0.3 is 23.8 Å². The van der Waals surface area contributed by atoms with Crippen molar-refractivity contribution < 1.29 is 28.5 Å². The fourth-order valence-electron chi connectivity index (χ4n) is 6.16. The minimum Gasteiger partial charge on any atom is -0.497 e. The molecule has 1 saturated carbocycles. The quantitative estimate of drug-likeness (QED) is 0.300. The van der Waals surface area contributed by atoms with Crippen LogP contribution in [0.5, 0.6) is 23.0 Å². The second-order valence-corrected chi connectivity index (χ2v) is 11.2. The summed E-state index contributed by atoms with van der Waals surface area (Å²) >= 11 is 0. The van der Waals surface area contributed by atoms with Gasteiger partial charge in [0.05, 0.1) is 51.8 Å². The molecule has 1 aliphatic heterocycles. The summed E-state index contributed by atoms with van der Waals surface area (Å²) in [7, 11) is 6.30. The number of nitrogens with zero attached hydrogens (tertiary/aromatic N) is 2. The molecule has 3 aromatic carbocycles. The van der Waals surface area contributed by atoms with Gasteiger partial charge in [0, 0.05) is 18.6 Å². The Morgan fingerprint density at radius 1 is 0.881 bits per heavy atom. The normalized spacial score (nSPS) is 19.8. The molecular formula is C34H38N2O6. The Labute approximate surface area is 247 Å². The first kappa shape index (κ1) is 29.2. The molecule has 2 aliphatic rings. The van der Waals surface area contributed by atoms with Crippen molar-refractivity contribution in [3.63, 3.8) is 0 Å². The van der Waals surface area contributed by atoms with E-state index in [1.807, 2.05) is 74.5 Å². The van der Waals surface area contributed by atoms with Crippen LogP contribution in [0.1, 0.15) is 56.2 Å². The fourth-order valence-corrected chi connectivity index (χ4v) is 6.16. The lowest BCUT2D eigenvalue weighted by Crippen LogP contribution is -2.45. The average Bonchev–Trinajstić information content (AvgIpc) is 3.14. The second kappa shape index (κ2) is 12.3. The van der Waals surface area contributed by atoms with E-state index in [0.29, 0.717) is 53.4 Å². The van der Waals surface area contributed by atoms with Gasteiger partial charge in [0.2, 0.25) is 11.7 Å². The molecular weight excluding hydrogens is 532 g/mol. The van der Waals surface area contributed by atoms with E-state index in [2.05, 4.69) is 0 Å². The van der Waals surface area contributed by atoms with E-state index in [-0.39, 0.29) is 23.5 Å². The second-order valence-electron chi connectivity index (χ2n) is 11.2. The summed E-state index contributed by atoms with van der Waals surface area (Å²) < 4.78 is 22.3. The number of methoxy groups -OCH3 is 4. The number of para-hydroxylation sites is 2. The van der Waals surface area contributed by atoms with E-state index in [9.17, 15) is 9.59 Å². The molecule has 42 heavy (non-hydrogen) atoms. The molecule has 3 unspecified atom stereocenters. The number of anilines is 1. The lowest BCUT2D eigenvalue weighted by molar-refractivity contribution is -0.123. The molecule has 8 heteroatoms. The van der Waals surface area contributed by atoms with Gasteiger partial charge in [-0.1, -0.05) is 38.1 Å². The average molecular weight is 571 g/mol. The number of hydrogen-bond acceptors (Lipinski definition) is 7. The van der Waals surface area contributed by atoms with Crippen molar-refractivity contribution in [3.8, 4) is 23.0 Å². The van der Waals surface area contributed by atoms with Crippen LogP contribution in [-0.4, -0.2) is 45.8 Å². The number of carbonyl (C=O) groups excluding carboxylic acids is 2. The summed E-state index contributed by atoms with van der Waals surface area (Å²) in [6, 6.07) is 18.5. The number of aliphatic imine (C=N–C) groups is 1. The molecule has 1 fully saturated rings. The third kappa shape index (κ3) is 5.45. The molecule has 1 heterocycles. The van der Waals surface area contributed by atoms with Crippen molar-refractivity contribution in [1.29, 1.82) is 0 Å². The van der Waals surface area contributed by atoms with Gasteiger partial charge >= 0.3 is 0 Å². The van der Waals surface area contributed by atoms with Gasteiger partial charge in [0.15, 0.2) is 11.5 Å². The zero-order valence-electron chi connectivity index (χ0n) is 25.0. The van der Waals surface area contributed by atoms with Crippen molar-refractivity contribution in [2.45, 2.75) is 45.1 Å². The maximum Gasteiger partial charge on any atom is 0.227 e. The molecule has 0 radical (unpaired) electrons. The summed E-state index contributed by atoms with van der Waals surface area (Å²) in [5, 5.41) is 0. The Bertz CT molecular complexity index is 1470. The summed E-state index contributed by atoms with van der Waals surface area (Å²) in [5.41, 5.74) is 3.88. The maximum atomic E-state index is 14.3. The summed E-state index contributed by atoms with van der Waals surface area (Å²) in [5.74, 6) is 1.53. The van der Waals surface area contributed by atoms with Gasteiger partial charge in [-0.3, -0.25) is 14.6 Å². The largest absolute Gasteiger partial charge is 0.497 e. The fraction of sp³-hybridized carbons (Fsp3) is 0.382. The Hall–Kier alpha value is -4.33. The highest BCUT2D eigenvalue weighted by atomic mass is 16.5. The Morgan fingerprint density at radius 2 is 1.55 bits per heavy atom. The Kier molecular flexibility index (Phi) is 8.52. The minimum absolute atomic E-state index is 0.0368. The first-order valence-electron chi connectivity index (χ1n) is 14.2. The predicted octanol–water partition coefficient (Wildman–Crippen LogP) is 6.69. The highest BCUT2D eigenvalue weighted by Crippen LogP contribution is 2.50. The molecule has 5 rings (SSSR count). The predicted molar refractivity (Wildman–Crippen MR) is 163 cm³/mol.